The highest BCUT2D eigenvalue weighted by Gasteiger charge is 2.36. The molecule has 0 unspecified atom stereocenters. The highest BCUT2D eigenvalue weighted by Crippen LogP contribution is 2.33. The summed E-state index contributed by atoms with van der Waals surface area (Å²) < 4.78 is 0. The molecular formula is C25H33N5O2. The molecule has 0 aliphatic carbocycles. The van der Waals surface area contributed by atoms with Crippen LogP contribution >= 0.6 is 0 Å². The van der Waals surface area contributed by atoms with Gasteiger partial charge in [0, 0.05) is 37.7 Å². The van der Waals surface area contributed by atoms with Crippen LogP contribution in [0.4, 0.5) is 0 Å². The lowest BCUT2D eigenvalue weighted by atomic mass is 9.79. The molecule has 1 aromatic carbocycles. The number of rotatable bonds is 3. The van der Waals surface area contributed by atoms with Crippen molar-refractivity contribution in [3.63, 3.8) is 0 Å². The topological polar surface area (TPSA) is 69.6 Å². The minimum absolute atomic E-state index is 0.0355. The minimum Gasteiger partial charge on any atom is -0.339 e. The Hall–Kier alpha value is -2.80. The summed E-state index contributed by atoms with van der Waals surface area (Å²) in [5, 5.41) is 0. The van der Waals surface area contributed by atoms with Crippen LogP contribution in [0.2, 0.25) is 0 Å². The van der Waals surface area contributed by atoms with Crippen LogP contribution in [-0.2, 0) is 10.2 Å². The number of benzene rings is 1. The Morgan fingerprint density at radius 1 is 1.03 bits per heavy atom. The summed E-state index contributed by atoms with van der Waals surface area (Å²) in [7, 11) is 2.13. The Kier molecular flexibility index (Phi) is 6.29. The van der Waals surface area contributed by atoms with Gasteiger partial charge in [0.25, 0.3) is 5.91 Å². The van der Waals surface area contributed by atoms with Gasteiger partial charge in [0.05, 0.1) is 6.04 Å². The molecule has 0 radical (unpaired) electrons. The monoisotopic (exact) mass is 435 g/mol. The molecule has 2 aromatic rings. The average Bonchev–Trinajstić information content (AvgIpc) is 2.80. The Labute approximate surface area is 190 Å². The summed E-state index contributed by atoms with van der Waals surface area (Å²) in [6.07, 6.45) is 1.95. The van der Waals surface area contributed by atoms with Crippen LogP contribution in [0.25, 0.3) is 0 Å². The van der Waals surface area contributed by atoms with E-state index in [0.29, 0.717) is 25.3 Å². The summed E-state index contributed by atoms with van der Waals surface area (Å²) in [4.78, 5) is 41.3. The third kappa shape index (κ3) is 4.53. The SMILES string of the molecule is CC(=O)N1CCN(C(=O)c2cc(C)nc(C3(C)CCN(C)CC3)n2)[C@H](c2ccccc2)C1. The van der Waals surface area contributed by atoms with Gasteiger partial charge in [-0.2, -0.15) is 0 Å². The number of piperidine rings is 1. The van der Waals surface area contributed by atoms with Gasteiger partial charge in [-0.25, -0.2) is 9.97 Å². The molecule has 0 bridgehead atoms. The van der Waals surface area contributed by atoms with E-state index in [4.69, 9.17) is 9.97 Å². The zero-order chi connectivity index (χ0) is 22.9. The lowest BCUT2D eigenvalue weighted by molar-refractivity contribution is -0.131. The molecule has 32 heavy (non-hydrogen) atoms. The molecule has 7 nitrogen and oxygen atoms in total. The van der Waals surface area contributed by atoms with E-state index in [2.05, 4.69) is 18.9 Å². The molecule has 3 heterocycles. The van der Waals surface area contributed by atoms with Gasteiger partial charge in [-0.3, -0.25) is 9.59 Å². The fourth-order valence-corrected chi connectivity index (χ4v) is 4.70. The molecule has 170 valence electrons. The minimum atomic E-state index is -0.195. The zero-order valence-electron chi connectivity index (χ0n) is 19.5. The summed E-state index contributed by atoms with van der Waals surface area (Å²) >= 11 is 0. The van der Waals surface area contributed by atoms with Gasteiger partial charge in [-0.15, -0.1) is 0 Å². The third-order valence-corrected chi connectivity index (χ3v) is 6.97. The van der Waals surface area contributed by atoms with Gasteiger partial charge < -0.3 is 14.7 Å². The number of piperazine rings is 1. The summed E-state index contributed by atoms with van der Waals surface area (Å²) in [5.74, 6) is 0.714. The summed E-state index contributed by atoms with van der Waals surface area (Å²) in [6, 6.07) is 11.5. The van der Waals surface area contributed by atoms with Crippen LogP contribution in [0.1, 0.15) is 60.3 Å². The van der Waals surface area contributed by atoms with Gasteiger partial charge in [-0.1, -0.05) is 37.3 Å². The fraction of sp³-hybridized carbons (Fsp3) is 0.520. The van der Waals surface area contributed by atoms with Crippen LogP contribution < -0.4 is 0 Å². The lowest BCUT2D eigenvalue weighted by Gasteiger charge is -2.41. The van der Waals surface area contributed by atoms with E-state index in [1.807, 2.05) is 47.1 Å². The van der Waals surface area contributed by atoms with E-state index < -0.39 is 0 Å². The van der Waals surface area contributed by atoms with E-state index in [-0.39, 0.29) is 23.3 Å². The van der Waals surface area contributed by atoms with Crippen molar-refractivity contribution < 1.29 is 9.59 Å². The number of nitrogens with zero attached hydrogens (tertiary/aromatic N) is 5. The Morgan fingerprint density at radius 3 is 2.38 bits per heavy atom. The van der Waals surface area contributed by atoms with Crippen LogP contribution in [-0.4, -0.2) is 76.3 Å². The largest absolute Gasteiger partial charge is 0.339 e. The van der Waals surface area contributed by atoms with E-state index >= 15 is 0 Å². The fourth-order valence-electron chi connectivity index (χ4n) is 4.70. The molecule has 2 aliphatic heterocycles. The first-order chi connectivity index (χ1) is 15.3. The van der Waals surface area contributed by atoms with Crippen molar-refractivity contribution >= 4 is 11.8 Å². The molecule has 0 saturated carbocycles. The van der Waals surface area contributed by atoms with Crippen molar-refractivity contribution in [2.24, 2.45) is 0 Å². The second kappa shape index (κ2) is 8.98. The lowest BCUT2D eigenvalue weighted by Crippen LogP contribution is -2.52. The van der Waals surface area contributed by atoms with E-state index in [9.17, 15) is 9.59 Å². The molecular weight excluding hydrogens is 402 g/mol. The third-order valence-electron chi connectivity index (χ3n) is 6.97. The van der Waals surface area contributed by atoms with Crippen LogP contribution in [0.3, 0.4) is 0 Å². The van der Waals surface area contributed by atoms with Crippen molar-refractivity contribution in [3.8, 4) is 0 Å². The molecule has 7 heteroatoms. The van der Waals surface area contributed by atoms with Gasteiger partial charge in [0.2, 0.25) is 5.91 Å². The number of hydrogen-bond donors (Lipinski definition) is 0. The van der Waals surface area contributed by atoms with Gasteiger partial charge >= 0.3 is 0 Å². The number of likely N-dealkylation sites (tertiary alicyclic amines) is 1. The predicted molar refractivity (Wildman–Crippen MR) is 123 cm³/mol. The second-order valence-corrected chi connectivity index (χ2v) is 9.47. The molecule has 1 aromatic heterocycles. The Balaban J connectivity index is 1.65. The second-order valence-electron chi connectivity index (χ2n) is 9.47. The zero-order valence-corrected chi connectivity index (χ0v) is 19.5. The molecule has 2 saturated heterocycles. The number of carbonyl (C=O) groups is 2. The standard InChI is InChI=1S/C25H33N5O2/c1-18-16-21(27-24(26-18)25(3)10-12-28(4)13-11-25)23(32)30-15-14-29(19(2)31)17-22(30)20-8-6-5-7-9-20/h5-9,16,22H,10-15,17H2,1-4H3/t22-/m0/s1. The highest BCUT2D eigenvalue weighted by atomic mass is 16.2. The maximum absolute atomic E-state index is 13.7. The normalized spacial score (nSPS) is 21.4. The van der Waals surface area contributed by atoms with Crippen molar-refractivity contribution in [1.82, 2.24) is 24.7 Å². The van der Waals surface area contributed by atoms with Crippen molar-refractivity contribution in [2.75, 3.05) is 39.8 Å². The number of carbonyl (C=O) groups excluding carboxylic acids is 2. The molecule has 2 fully saturated rings. The summed E-state index contributed by atoms with van der Waals surface area (Å²) in [6.45, 7) is 9.24. The number of amides is 2. The number of hydrogen-bond acceptors (Lipinski definition) is 5. The Bertz CT molecular complexity index is 985. The number of aromatic nitrogens is 2. The molecule has 0 N–H and O–H groups in total. The maximum atomic E-state index is 13.7. The van der Waals surface area contributed by atoms with Crippen molar-refractivity contribution in [3.05, 3.63) is 59.2 Å². The first-order valence-electron chi connectivity index (χ1n) is 11.4. The first kappa shape index (κ1) is 22.4. The van der Waals surface area contributed by atoms with Gasteiger partial charge in [0.1, 0.15) is 11.5 Å². The van der Waals surface area contributed by atoms with Crippen LogP contribution in [0.15, 0.2) is 36.4 Å². The van der Waals surface area contributed by atoms with E-state index in [1.165, 1.54) is 0 Å². The molecule has 1 atom stereocenters. The smallest absolute Gasteiger partial charge is 0.273 e. The molecule has 2 aliphatic rings. The average molecular weight is 436 g/mol. The van der Waals surface area contributed by atoms with Gasteiger partial charge in [-0.05, 0) is 51.5 Å². The van der Waals surface area contributed by atoms with E-state index in [0.717, 1.165) is 43.0 Å². The van der Waals surface area contributed by atoms with Gasteiger partial charge in [0.15, 0.2) is 0 Å². The van der Waals surface area contributed by atoms with Crippen molar-refractivity contribution in [1.29, 1.82) is 0 Å². The first-order valence-corrected chi connectivity index (χ1v) is 11.4. The van der Waals surface area contributed by atoms with Crippen molar-refractivity contribution in [2.45, 2.75) is 45.1 Å². The Morgan fingerprint density at radius 2 is 1.72 bits per heavy atom. The predicted octanol–water partition coefficient (Wildman–Crippen LogP) is 2.81. The molecule has 4 rings (SSSR count). The highest BCUT2D eigenvalue weighted by molar-refractivity contribution is 5.93. The summed E-state index contributed by atoms with van der Waals surface area (Å²) in [5.41, 5.74) is 2.17. The van der Waals surface area contributed by atoms with E-state index in [1.54, 1.807) is 13.0 Å². The molecule has 2 amide bonds. The quantitative estimate of drug-likeness (QED) is 0.742. The molecule has 0 spiro atoms. The maximum Gasteiger partial charge on any atom is 0.273 e. The van der Waals surface area contributed by atoms with Crippen LogP contribution in [0.5, 0.6) is 0 Å². The van der Waals surface area contributed by atoms with Crippen LogP contribution in [0, 0.1) is 6.92 Å². The number of aryl methyl sites for hydroxylation is 1.